The van der Waals surface area contributed by atoms with Crippen LogP contribution in [0.1, 0.15) is 49.9 Å². The molecule has 0 aliphatic carbocycles. The first-order valence-corrected chi connectivity index (χ1v) is 7.52. The Kier molecular flexibility index (Phi) is 4.84. The lowest BCUT2D eigenvalue weighted by molar-refractivity contribution is -0.134. The number of methoxy groups -OCH3 is 1. The fourth-order valence-corrected chi connectivity index (χ4v) is 2.91. The zero-order chi connectivity index (χ0) is 16.3. The Balaban J connectivity index is 1.95. The fourth-order valence-electron chi connectivity index (χ4n) is 2.91. The second-order valence-corrected chi connectivity index (χ2v) is 6.23. The van der Waals surface area contributed by atoms with E-state index in [1.54, 1.807) is 0 Å². The molecule has 0 N–H and O–H groups in total. The molecular weight excluding hydrogens is 285 g/mol. The summed E-state index contributed by atoms with van der Waals surface area (Å²) < 4.78 is 18.4. The molecule has 1 saturated heterocycles. The van der Waals surface area contributed by atoms with Crippen molar-refractivity contribution >= 4 is 11.7 Å². The molecule has 0 spiro atoms. The number of rotatable bonds is 5. The SMILES string of the molecule is COc1ccc(C(=O)CCC(=O)N2CCCC2(C)C)cc1F. The molecule has 0 unspecified atom stereocenters. The van der Waals surface area contributed by atoms with Crippen molar-refractivity contribution in [3.63, 3.8) is 0 Å². The zero-order valence-electron chi connectivity index (χ0n) is 13.3. The Hall–Kier alpha value is -1.91. The summed E-state index contributed by atoms with van der Waals surface area (Å²) in [6.45, 7) is 4.83. The molecule has 1 aliphatic heterocycles. The normalized spacial score (nSPS) is 16.6. The number of ether oxygens (including phenoxy) is 1. The molecule has 120 valence electrons. The standard InChI is InChI=1S/C17H22FNO3/c1-17(2)9-4-10-19(17)16(21)8-6-14(20)12-5-7-15(22-3)13(18)11-12/h5,7,11H,4,6,8-10H2,1-3H3. The van der Waals surface area contributed by atoms with Crippen molar-refractivity contribution in [3.8, 4) is 5.75 Å². The van der Waals surface area contributed by atoms with Crippen molar-refractivity contribution in [3.05, 3.63) is 29.6 Å². The Labute approximate surface area is 130 Å². The Bertz CT molecular complexity index is 583. The summed E-state index contributed by atoms with van der Waals surface area (Å²) >= 11 is 0. The van der Waals surface area contributed by atoms with Crippen molar-refractivity contribution in [2.24, 2.45) is 0 Å². The number of carbonyl (C=O) groups excluding carboxylic acids is 2. The van der Waals surface area contributed by atoms with E-state index in [1.165, 1.54) is 19.2 Å². The van der Waals surface area contributed by atoms with Gasteiger partial charge in [0.1, 0.15) is 0 Å². The quantitative estimate of drug-likeness (QED) is 0.785. The van der Waals surface area contributed by atoms with E-state index in [0.29, 0.717) is 0 Å². The molecular formula is C17H22FNO3. The van der Waals surface area contributed by atoms with Gasteiger partial charge in [0, 0.05) is 30.5 Å². The average Bonchev–Trinajstić information content (AvgIpc) is 2.83. The van der Waals surface area contributed by atoms with E-state index in [0.717, 1.165) is 25.5 Å². The molecule has 22 heavy (non-hydrogen) atoms. The van der Waals surface area contributed by atoms with E-state index in [-0.39, 0.29) is 41.4 Å². The number of halogens is 1. The first-order valence-electron chi connectivity index (χ1n) is 7.52. The second kappa shape index (κ2) is 6.46. The Morgan fingerprint density at radius 3 is 2.59 bits per heavy atom. The molecule has 1 aromatic carbocycles. The van der Waals surface area contributed by atoms with Crippen molar-refractivity contribution in [1.29, 1.82) is 0 Å². The molecule has 5 heteroatoms. The van der Waals surface area contributed by atoms with Crippen molar-refractivity contribution in [2.75, 3.05) is 13.7 Å². The average molecular weight is 307 g/mol. The summed E-state index contributed by atoms with van der Waals surface area (Å²) in [5, 5.41) is 0. The van der Waals surface area contributed by atoms with Gasteiger partial charge < -0.3 is 9.64 Å². The molecule has 1 amide bonds. The van der Waals surface area contributed by atoms with Crippen molar-refractivity contribution < 1.29 is 18.7 Å². The molecule has 0 atom stereocenters. The summed E-state index contributed by atoms with van der Waals surface area (Å²) in [5.74, 6) is -0.705. The van der Waals surface area contributed by atoms with Gasteiger partial charge in [-0.05, 0) is 44.9 Å². The van der Waals surface area contributed by atoms with E-state index in [1.807, 2.05) is 18.7 Å². The molecule has 1 heterocycles. The van der Waals surface area contributed by atoms with Gasteiger partial charge in [-0.3, -0.25) is 9.59 Å². The minimum absolute atomic E-state index is 0.00941. The van der Waals surface area contributed by atoms with Crippen LogP contribution in [0.5, 0.6) is 5.75 Å². The van der Waals surface area contributed by atoms with Crippen LogP contribution in [0.15, 0.2) is 18.2 Å². The molecule has 0 saturated carbocycles. The smallest absolute Gasteiger partial charge is 0.223 e. The molecule has 0 bridgehead atoms. The van der Waals surface area contributed by atoms with E-state index in [4.69, 9.17) is 4.74 Å². The van der Waals surface area contributed by atoms with Crippen LogP contribution in [0.2, 0.25) is 0 Å². The maximum atomic E-state index is 13.6. The van der Waals surface area contributed by atoms with Gasteiger partial charge in [0.05, 0.1) is 7.11 Å². The number of hydrogen-bond donors (Lipinski definition) is 0. The van der Waals surface area contributed by atoms with Gasteiger partial charge in [-0.15, -0.1) is 0 Å². The number of benzene rings is 1. The van der Waals surface area contributed by atoms with Crippen molar-refractivity contribution in [1.82, 2.24) is 4.90 Å². The lowest BCUT2D eigenvalue weighted by Gasteiger charge is -2.31. The van der Waals surface area contributed by atoms with Crippen LogP contribution in [-0.4, -0.2) is 35.8 Å². The highest BCUT2D eigenvalue weighted by Gasteiger charge is 2.35. The minimum Gasteiger partial charge on any atom is -0.494 e. The molecule has 0 aromatic heterocycles. The largest absolute Gasteiger partial charge is 0.494 e. The van der Waals surface area contributed by atoms with Crippen LogP contribution in [0.25, 0.3) is 0 Å². The van der Waals surface area contributed by atoms with Crippen molar-refractivity contribution in [2.45, 2.75) is 45.1 Å². The van der Waals surface area contributed by atoms with Crippen LogP contribution in [-0.2, 0) is 4.79 Å². The Morgan fingerprint density at radius 1 is 1.32 bits per heavy atom. The lowest BCUT2D eigenvalue weighted by Crippen LogP contribution is -2.42. The number of Topliss-reactive ketones (excluding diaryl/α,β-unsaturated/α-hetero) is 1. The highest BCUT2D eigenvalue weighted by Crippen LogP contribution is 2.29. The van der Waals surface area contributed by atoms with Crippen LogP contribution in [0.4, 0.5) is 4.39 Å². The lowest BCUT2D eigenvalue weighted by atomic mass is 10.0. The summed E-state index contributed by atoms with van der Waals surface area (Å²) in [4.78, 5) is 26.2. The monoisotopic (exact) mass is 307 g/mol. The highest BCUT2D eigenvalue weighted by atomic mass is 19.1. The van der Waals surface area contributed by atoms with Gasteiger partial charge >= 0.3 is 0 Å². The highest BCUT2D eigenvalue weighted by molar-refractivity contribution is 5.98. The first kappa shape index (κ1) is 16.5. The van der Waals surface area contributed by atoms with Gasteiger partial charge in [0.2, 0.25) is 5.91 Å². The fraction of sp³-hybridized carbons (Fsp3) is 0.529. The maximum absolute atomic E-state index is 13.6. The molecule has 4 nitrogen and oxygen atoms in total. The van der Waals surface area contributed by atoms with E-state index >= 15 is 0 Å². The topological polar surface area (TPSA) is 46.6 Å². The number of carbonyl (C=O) groups is 2. The summed E-state index contributed by atoms with van der Waals surface area (Å²) in [6, 6.07) is 4.11. The molecule has 2 rings (SSSR count). The third-order valence-electron chi connectivity index (χ3n) is 4.24. The van der Waals surface area contributed by atoms with Crippen LogP contribution in [0.3, 0.4) is 0 Å². The number of amides is 1. The molecule has 1 fully saturated rings. The number of nitrogens with zero attached hydrogens (tertiary/aromatic N) is 1. The Morgan fingerprint density at radius 2 is 2.05 bits per heavy atom. The van der Waals surface area contributed by atoms with E-state index < -0.39 is 5.82 Å². The van der Waals surface area contributed by atoms with Gasteiger partial charge in [-0.25, -0.2) is 4.39 Å². The van der Waals surface area contributed by atoms with E-state index in [9.17, 15) is 14.0 Å². The molecule has 1 aliphatic rings. The first-order chi connectivity index (χ1) is 10.3. The zero-order valence-corrected chi connectivity index (χ0v) is 13.3. The number of ketones is 1. The van der Waals surface area contributed by atoms with Gasteiger partial charge in [0.15, 0.2) is 17.3 Å². The predicted molar refractivity (Wildman–Crippen MR) is 81.5 cm³/mol. The third kappa shape index (κ3) is 3.46. The molecule has 1 aromatic rings. The third-order valence-corrected chi connectivity index (χ3v) is 4.24. The molecule has 0 radical (unpaired) electrons. The minimum atomic E-state index is -0.569. The number of likely N-dealkylation sites (tertiary alicyclic amines) is 1. The van der Waals surface area contributed by atoms with Gasteiger partial charge in [0.25, 0.3) is 0 Å². The summed E-state index contributed by atoms with van der Waals surface area (Å²) in [6.07, 6.45) is 2.24. The predicted octanol–water partition coefficient (Wildman–Crippen LogP) is 3.20. The van der Waals surface area contributed by atoms with Crippen LogP contribution < -0.4 is 4.74 Å². The van der Waals surface area contributed by atoms with Gasteiger partial charge in [-0.1, -0.05) is 0 Å². The number of hydrogen-bond acceptors (Lipinski definition) is 3. The summed E-state index contributed by atoms with van der Waals surface area (Å²) in [7, 11) is 1.37. The van der Waals surface area contributed by atoms with Crippen LogP contribution in [0, 0.1) is 5.82 Å². The maximum Gasteiger partial charge on any atom is 0.223 e. The van der Waals surface area contributed by atoms with Gasteiger partial charge in [-0.2, -0.15) is 0 Å². The van der Waals surface area contributed by atoms with E-state index in [2.05, 4.69) is 0 Å². The summed E-state index contributed by atoms with van der Waals surface area (Å²) in [5.41, 5.74) is 0.138. The van der Waals surface area contributed by atoms with Crippen LogP contribution >= 0.6 is 0 Å². The second-order valence-electron chi connectivity index (χ2n) is 6.23.